The lowest BCUT2D eigenvalue weighted by atomic mass is 10.1. The maximum absolute atomic E-state index is 13.8. The zero-order valence-corrected chi connectivity index (χ0v) is 14.2. The van der Waals surface area contributed by atoms with Crippen LogP contribution in [0, 0.1) is 5.82 Å². The van der Waals surface area contributed by atoms with E-state index >= 15 is 0 Å². The molecule has 6 heteroatoms. The van der Waals surface area contributed by atoms with E-state index in [1.807, 2.05) is 0 Å². The fourth-order valence-corrected chi connectivity index (χ4v) is 1.84. The number of carbonyl (C=O) groups is 2. The number of hydrogen-bond acceptors (Lipinski definition) is 4. The second-order valence-corrected chi connectivity index (χ2v) is 6.48. The predicted octanol–water partition coefficient (Wildman–Crippen LogP) is 3.21. The van der Waals surface area contributed by atoms with Gasteiger partial charge in [0.1, 0.15) is 17.5 Å². The first kappa shape index (κ1) is 18.9. The van der Waals surface area contributed by atoms with Gasteiger partial charge in [0.05, 0.1) is 6.10 Å². The largest absolute Gasteiger partial charge is 0.461 e. The van der Waals surface area contributed by atoms with E-state index in [2.05, 4.69) is 5.32 Å². The number of halogens is 1. The maximum atomic E-state index is 13.8. The first-order valence-electron chi connectivity index (χ1n) is 7.52. The van der Waals surface area contributed by atoms with Gasteiger partial charge < -0.3 is 14.8 Å². The minimum Gasteiger partial charge on any atom is -0.461 e. The smallest absolute Gasteiger partial charge is 0.408 e. The standard InChI is InChI=1S/C17H24FNO4/c1-11(2)22-15(20)14(19-16(21)23-17(3,4)5)10-12-8-6-7-9-13(12)18/h6-9,11,14H,10H2,1-5H3,(H,19,21). The average Bonchev–Trinajstić information content (AvgIpc) is 2.37. The number of carbonyl (C=O) groups excluding carboxylic acids is 2. The van der Waals surface area contributed by atoms with Gasteiger partial charge in [-0.05, 0) is 46.2 Å². The Balaban J connectivity index is 2.87. The fraction of sp³-hybridized carbons (Fsp3) is 0.529. The molecule has 0 aliphatic carbocycles. The third kappa shape index (κ3) is 7.13. The van der Waals surface area contributed by atoms with Crippen molar-refractivity contribution in [2.24, 2.45) is 0 Å². The molecular weight excluding hydrogens is 301 g/mol. The van der Waals surface area contributed by atoms with Crippen molar-refractivity contribution in [2.75, 3.05) is 0 Å². The van der Waals surface area contributed by atoms with Crippen LogP contribution in [0.3, 0.4) is 0 Å². The monoisotopic (exact) mass is 325 g/mol. The first-order valence-corrected chi connectivity index (χ1v) is 7.52. The van der Waals surface area contributed by atoms with Crippen LogP contribution in [0.1, 0.15) is 40.2 Å². The van der Waals surface area contributed by atoms with Crippen LogP contribution in [-0.4, -0.2) is 29.8 Å². The Hall–Kier alpha value is -2.11. The molecule has 1 N–H and O–H groups in total. The Bertz CT molecular complexity index is 552. The van der Waals surface area contributed by atoms with Crippen LogP contribution in [0.2, 0.25) is 0 Å². The topological polar surface area (TPSA) is 64.6 Å². The van der Waals surface area contributed by atoms with Gasteiger partial charge in [-0.3, -0.25) is 0 Å². The van der Waals surface area contributed by atoms with Crippen LogP contribution >= 0.6 is 0 Å². The summed E-state index contributed by atoms with van der Waals surface area (Å²) in [7, 11) is 0. The minimum atomic E-state index is -1.02. The van der Waals surface area contributed by atoms with E-state index in [1.165, 1.54) is 6.07 Å². The summed E-state index contributed by atoms with van der Waals surface area (Å²) in [6.45, 7) is 8.54. The number of hydrogen-bond donors (Lipinski definition) is 1. The zero-order valence-electron chi connectivity index (χ0n) is 14.2. The molecule has 1 aromatic carbocycles. The highest BCUT2D eigenvalue weighted by atomic mass is 19.1. The van der Waals surface area contributed by atoms with E-state index in [9.17, 15) is 14.0 Å². The van der Waals surface area contributed by atoms with Crippen molar-refractivity contribution in [1.82, 2.24) is 5.32 Å². The molecule has 1 unspecified atom stereocenters. The van der Waals surface area contributed by atoms with Gasteiger partial charge in [-0.25, -0.2) is 14.0 Å². The molecule has 0 aromatic heterocycles. The molecule has 0 aliphatic heterocycles. The molecule has 1 atom stereocenters. The predicted molar refractivity (Wildman–Crippen MR) is 84.5 cm³/mol. The van der Waals surface area contributed by atoms with Crippen molar-refractivity contribution < 1.29 is 23.5 Å². The lowest BCUT2D eigenvalue weighted by Gasteiger charge is -2.23. The van der Waals surface area contributed by atoms with Crippen molar-refractivity contribution in [3.8, 4) is 0 Å². The molecule has 23 heavy (non-hydrogen) atoms. The van der Waals surface area contributed by atoms with E-state index < -0.39 is 29.5 Å². The number of alkyl carbamates (subject to hydrolysis) is 1. The van der Waals surface area contributed by atoms with Crippen LogP contribution in [0.25, 0.3) is 0 Å². The van der Waals surface area contributed by atoms with Crippen LogP contribution in [0.15, 0.2) is 24.3 Å². The normalized spacial score (nSPS) is 12.7. The summed E-state index contributed by atoms with van der Waals surface area (Å²) in [4.78, 5) is 24.1. The Kier molecular flexibility index (Phi) is 6.54. The van der Waals surface area contributed by atoms with E-state index in [0.29, 0.717) is 5.56 Å². The molecule has 0 saturated carbocycles. The third-order valence-electron chi connectivity index (χ3n) is 2.71. The second-order valence-electron chi connectivity index (χ2n) is 6.48. The van der Waals surface area contributed by atoms with Crippen molar-refractivity contribution in [1.29, 1.82) is 0 Å². The van der Waals surface area contributed by atoms with Gasteiger partial charge in [-0.2, -0.15) is 0 Å². The molecule has 1 amide bonds. The van der Waals surface area contributed by atoms with Gasteiger partial charge in [0.25, 0.3) is 0 Å². The number of rotatable bonds is 5. The van der Waals surface area contributed by atoms with Crippen LogP contribution < -0.4 is 5.32 Å². The zero-order chi connectivity index (χ0) is 17.6. The first-order chi connectivity index (χ1) is 10.6. The van der Waals surface area contributed by atoms with Crippen LogP contribution in [0.5, 0.6) is 0 Å². The number of benzene rings is 1. The Morgan fingerprint density at radius 3 is 2.35 bits per heavy atom. The molecule has 1 rings (SSSR count). The number of nitrogens with one attached hydrogen (secondary N) is 1. The molecule has 5 nitrogen and oxygen atoms in total. The molecule has 0 fully saturated rings. The highest BCUT2D eigenvalue weighted by Crippen LogP contribution is 2.12. The van der Waals surface area contributed by atoms with E-state index in [-0.39, 0.29) is 12.5 Å². The number of ether oxygens (including phenoxy) is 2. The van der Waals surface area contributed by atoms with Crippen LogP contribution in [0.4, 0.5) is 9.18 Å². The van der Waals surface area contributed by atoms with Crippen molar-refractivity contribution in [3.63, 3.8) is 0 Å². The molecule has 128 valence electrons. The fourth-order valence-electron chi connectivity index (χ4n) is 1.84. The third-order valence-corrected chi connectivity index (χ3v) is 2.71. The highest BCUT2D eigenvalue weighted by Gasteiger charge is 2.27. The van der Waals surface area contributed by atoms with Crippen LogP contribution in [-0.2, 0) is 20.7 Å². The minimum absolute atomic E-state index is 0.0164. The maximum Gasteiger partial charge on any atom is 0.408 e. The quantitative estimate of drug-likeness (QED) is 0.844. The number of esters is 1. The summed E-state index contributed by atoms with van der Waals surface area (Å²) in [6.07, 6.45) is -1.11. The van der Waals surface area contributed by atoms with E-state index in [0.717, 1.165) is 0 Å². The summed E-state index contributed by atoms with van der Waals surface area (Å²) in [5, 5.41) is 2.45. The lowest BCUT2D eigenvalue weighted by molar-refractivity contribution is -0.149. The molecule has 0 heterocycles. The molecule has 0 bridgehead atoms. The Morgan fingerprint density at radius 1 is 1.22 bits per heavy atom. The highest BCUT2D eigenvalue weighted by molar-refractivity contribution is 5.81. The second kappa shape index (κ2) is 7.94. The van der Waals surface area contributed by atoms with E-state index in [4.69, 9.17) is 9.47 Å². The summed E-state index contributed by atoms with van der Waals surface area (Å²) in [5.74, 6) is -1.07. The molecule has 0 saturated heterocycles. The summed E-state index contributed by atoms with van der Waals surface area (Å²) < 4.78 is 24.1. The van der Waals surface area contributed by atoms with Gasteiger partial charge in [0, 0.05) is 6.42 Å². The van der Waals surface area contributed by atoms with Gasteiger partial charge in [-0.1, -0.05) is 18.2 Å². The Labute approximate surface area is 136 Å². The van der Waals surface area contributed by atoms with Gasteiger partial charge in [0.15, 0.2) is 0 Å². The Morgan fingerprint density at radius 2 is 1.83 bits per heavy atom. The molecule has 0 spiro atoms. The summed E-state index contributed by atoms with van der Waals surface area (Å²) in [6, 6.07) is 5.05. The number of amides is 1. The van der Waals surface area contributed by atoms with Gasteiger partial charge in [-0.15, -0.1) is 0 Å². The van der Waals surface area contributed by atoms with Crippen molar-refractivity contribution >= 4 is 12.1 Å². The summed E-state index contributed by atoms with van der Waals surface area (Å²) >= 11 is 0. The lowest BCUT2D eigenvalue weighted by Crippen LogP contribution is -2.46. The van der Waals surface area contributed by atoms with E-state index in [1.54, 1.807) is 52.8 Å². The van der Waals surface area contributed by atoms with Crippen molar-refractivity contribution in [2.45, 2.75) is 58.8 Å². The molecule has 1 aromatic rings. The molecular formula is C17H24FNO4. The summed E-state index contributed by atoms with van der Waals surface area (Å²) in [5.41, 5.74) is -0.386. The molecule has 0 aliphatic rings. The van der Waals surface area contributed by atoms with Gasteiger partial charge >= 0.3 is 12.1 Å². The molecule has 0 radical (unpaired) electrons. The van der Waals surface area contributed by atoms with Crippen molar-refractivity contribution in [3.05, 3.63) is 35.6 Å². The SMILES string of the molecule is CC(C)OC(=O)C(Cc1ccccc1F)NC(=O)OC(C)(C)C. The van der Waals surface area contributed by atoms with Gasteiger partial charge in [0.2, 0.25) is 0 Å². The average molecular weight is 325 g/mol.